The first-order valence-corrected chi connectivity index (χ1v) is 12.9. The van der Waals surface area contributed by atoms with E-state index in [9.17, 15) is 14.4 Å². The van der Waals surface area contributed by atoms with Crippen molar-refractivity contribution in [1.29, 1.82) is 0 Å². The molecule has 0 saturated carbocycles. The second-order valence-electron chi connectivity index (χ2n) is 9.74. The van der Waals surface area contributed by atoms with Gasteiger partial charge in [-0.2, -0.15) is 0 Å². The summed E-state index contributed by atoms with van der Waals surface area (Å²) < 4.78 is 1.78. The summed E-state index contributed by atoms with van der Waals surface area (Å²) in [5, 5.41) is 3.48. The number of anilines is 2. The molecule has 1 aromatic heterocycles. The maximum absolute atomic E-state index is 14.0. The molecule has 0 fully saturated rings. The number of benzene rings is 3. The summed E-state index contributed by atoms with van der Waals surface area (Å²) in [6.07, 6.45) is 5.02. The molecule has 0 bridgehead atoms. The van der Waals surface area contributed by atoms with Gasteiger partial charge in [-0.25, -0.2) is 4.98 Å². The number of aryl methyl sites for hydroxylation is 2. The predicted octanol–water partition coefficient (Wildman–Crippen LogP) is 4.72. The van der Waals surface area contributed by atoms with Crippen LogP contribution in [0, 0.1) is 0 Å². The summed E-state index contributed by atoms with van der Waals surface area (Å²) >= 11 is 0. The normalized spacial score (nSPS) is 17.0. The summed E-state index contributed by atoms with van der Waals surface area (Å²) in [7, 11) is 0. The molecule has 7 heteroatoms. The highest BCUT2D eigenvalue weighted by Crippen LogP contribution is 2.33. The van der Waals surface area contributed by atoms with E-state index in [4.69, 9.17) is 4.98 Å². The highest BCUT2D eigenvalue weighted by Gasteiger charge is 2.36. The molecule has 2 aliphatic heterocycles. The number of aromatic nitrogens is 2. The van der Waals surface area contributed by atoms with E-state index in [-0.39, 0.29) is 17.4 Å². The van der Waals surface area contributed by atoms with Gasteiger partial charge in [0.05, 0.1) is 10.9 Å². The molecule has 0 radical (unpaired) electrons. The van der Waals surface area contributed by atoms with Gasteiger partial charge in [0.1, 0.15) is 11.9 Å². The number of carbonyl (C=O) groups is 2. The Hall–Kier alpha value is -4.26. The van der Waals surface area contributed by atoms with Crippen molar-refractivity contribution < 1.29 is 9.59 Å². The smallest absolute Gasteiger partial charge is 0.261 e. The zero-order valence-corrected chi connectivity index (χ0v) is 20.5. The third-order valence-corrected chi connectivity index (χ3v) is 7.38. The maximum Gasteiger partial charge on any atom is 0.261 e. The molecule has 7 nitrogen and oxygen atoms in total. The Morgan fingerprint density at radius 2 is 1.70 bits per heavy atom. The minimum absolute atomic E-state index is 0.0515. The number of fused-ring (bicyclic) bond motifs is 3. The zero-order valence-electron chi connectivity index (χ0n) is 20.5. The minimum Gasteiger partial charge on any atom is -0.324 e. The number of nitrogens with one attached hydrogen (secondary N) is 1. The Morgan fingerprint density at radius 3 is 2.57 bits per heavy atom. The fourth-order valence-electron chi connectivity index (χ4n) is 5.48. The van der Waals surface area contributed by atoms with E-state index >= 15 is 0 Å². The summed E-state index contributed by atoms with van der Waals surface area (Å²) in [5.41, 5.74) is 3.34. The van der Waals surface area contributed by atoms with Gasteiger partial charge in [0.15, 0.2) is 0 Å². The molecule has 0 aliphatic carbocycles. The number of hydrogen-bond donors (Lipinski definition) is 1. The number of para-hydroxylation sites is 2. The van der Waals surface area contributed by atoms with Crippen molar-refractivity contribution >= 4 is 34.1 Å². The molecule has 1 unspecified atom stereocenters. The molecule has 3 aromatic carbocycles. The molecule has 37 heavy (non-hydrogen) atoms. The van der Waals surface area contributed by atoms with Crippen LogP contribution in [0.1, 0.15) is 47.4 Å². The van der Waals surface area contributed by atoms with Crippen LogP contribution in [0.25, 0.3) is 10.9 Å². The summed E-state index contributed by atoms with van der Waals surface area (Å²) in [6, 6.07) is 21.4. The SMILES string of the molecule is O=C(Nc1ccccc1)C1CCc2ccccc2N1C(=O)c1ccc2c(=O)n3c(nc2c1)CCCCC3. The lowest BCUT2D eigenvalue weighted by molar-refractivity contribution is -0.117. The van der Waals surface area contributed by atoms with Crippen molar-refractivity contribution in [3.8, 4) is 0 Å². The van der Waals surface area contributed by atoms with Crippen LogP contribution in [0.5, 0.6) is 0 Å². The van der Waals surface area contributed by atoms with Crippen LogP contribution in [-0.2, 0) is 24.2 Å². The van der Waals surface area contributed by atoms with Crippen LogP contribution in [-0.4, -0.2) is 27.4 Å². The molecular formula is C30H28N4O3. The standard InChI is InChI=1S/C30H28N4O3/c35-28(31-22-10-3-1-4-11-22)26-17-15-20-9-6-7-12-25(20)34(26)29(36)21-14-16-23-24(19-21)32-27-13-5-2-8-18-33(27)30(23)37/h1,3-4,6-7,9-12,14,16,19,26H,2,5,8,13,15,17-18H2,(H,31,35). The first-order valence-electron chi connectivity index (χ1n) is 12.9. The van der Waals surface area contributed by atoms with Gasteiger partial charge in [0, 0.05) is 29.9 Å². The van der Waals surface area contributed by atoms with Crippen molar-refractivity contribution in [3.63, 3.8) is 0 Å². The van der Waals surface area contributed by atoms with Crippen molar-refractivity contribution in [2.24, 2.45) is 0 Å². The van der Waals surface area contributed by atoms with Crippen molar-refractivity contribution in [2.75, 3.05) is 10.2 Å². The lowest BCUT2D eigenvalue weighted by atomic mass is 9.94. The Kier molecular flexibility index (Phi) is 6.04. The third-order valence-electron chi connectivity index (χ3n) is 7.38. The second kappa shape index (κ2) is 9.65. The quantitative estimate of drug-likeness (QED) is 0.448. The van der Waals surface area contributed by atoms with Gasteiger partial charge in [-0.3, -0.25) is 23.9 Å². The first kappa shape index (κ1) is 23.2. The average molecular weight is 493 g/mol. The van der Waals surface area contributed by atoms with E-state index in [2.05, 4.69) is 5.32 Å². The van der Waals surface area contributed by atoms with Crippen molar-refractivity contribution in [3.05, 3.63) is 100 Å². The van der Waals surface area contributed by atoms with Gasteiger partial charge >= 0.3 is 0 Å². The fourth-order valence-corrected chi connectivity index (χ4v) is 5.48. The molecule has 6 rings (SSSR count). The third kappa shape index (κ3) is 4.31. The van der Waals surface area contributed by atoms with E-state index in [1.54, 1.807) is 27.7 Å². The van der Waals surface area contributed by atoms with Crippen LogP contribution in [0.3, 0.4) is 0 Å². The molecule has 0 spiro atoms. The molecule has 4 aromatic rings. The number of rotatable bonds is 3. The lowest BCUT2D eigenvalue weighted by Gasteiger charge is -2.36. The minimum atomic E-state index is -0.663. The highest BCUT2D eigenvalue weighted by atomic mass is 16.2. The average Bonchev–Trinajstić information content (AvgIpc) is 3.18. The van der Waals surface area contributed by atoms with Gasteiger partial charge < -0.3 is 5.32 Å². The van der Waals surface area contributed by atoms with E-state index in [0.717, 1.165) is 42.8 Å². The highest BCUT2D eigenvalue weighted by molar-refractivity contribution is 6.13. The van der Waals surface area contributed by atoms with Gasteiger partial charge in [-0.1, -0.05) is 42.8 Å². The summed E-state index contributed by atoms with van der Waals surface area (Å²) in [6.45, 7) is 0.681. The Labute approximate surface area is 214 Å². The molecule has 186 valence electrons. The largest absolute Gasteiger partial charge is 0.324 e. The van der Waals surface area contributed by atoms with E-state index < -0.39 is 6.04 Å². The summed E-state index contributed by atoms with van der Waals surface area (Å²) in [4.78, 5) is 47.0. The second-order valence-corrected chi connectivity index (χ2v) is 9.74. The van der Waals surface area contributed by atoms with E-state index in [1.165, 1.54) is 0 Å². The zero-order chi connectivity index (χ0) is 25.4. The molecule has 0 saturated heterocycles. The van der Waals surface area contributed by atoms with E-state index in [1.807, 2.05) is 54.6 Å². The van der Waals surface area contributed by atoms with Crippen LogP contribution in [0.2, 0.25) is 0 Å². The van der Waals surface area contributed by atoms with Crippen LogP contribution < -0.4 is 15.8 Å². The van der Waals surface area contributed by atoms with Gasteiger partial charge in [-0.05, 0) is 67.6 Å². The van der Waals surface area contributed by atoms with Gasteiger partial charge in [0.2, 0.25) is 5.91 Å². The van der Waals surface area contributed by atoms with Gasteiger partial charge in [-0.15, -0.1) is 0 Å². The number of nitrogens with zero attached hydrogens (tertiary/aromatic N) is 3. The first-order chi connectivity index (χ1) is 18.1. The Morgan fingerprint density at radius 1 is 0.892 bits per heavy atom. The fraction of sp³-hybridized carbons (Fsp3) is 0.267. The van der Waals surface area contributed by atoms with Crippen molar-refractivity contribution in [2.45, 2.75) is 51.1 Å². The van der Waals surface area contributed by atoms with Gasteiger partial charge in [0.25, 0.3) is 11.5 Å². The Bertz CT molecular complexity index is 1560. The topological polar surface area (TPSA) is 84.3 Å². The monoisotopic (exact) mass is 492 g/mol. The molecular weight excluding hydrogens is 464 g/mol. The molecule has 1 atom stereocenters. The number of hydrogen-bond acceptors (Lipinski definition) is 4. The van der Waals surface area contributed by atoms with E-state index in [0.29, 0.717) is 41.5 Å². The van der Waals surface area contributed by atoms with Crippen LogP contribution in [0.4, 0.5) is 11.4 Å². The van der Waals surface area contributed by atoms with Crippen LogP contribution >= 0.6 is 0 Å². The number of amides is 2. The molecule has 2 amide bonds. The predicted molar refractivity (Wildman–Crippen MR) is 144 cm³/mol. The van der Waals surface area contributed by atoms with Crippen molar-refractivity contribution in [1.82, 2.24) is 9.55 Å². The van der Waals surface area contributed by atoms with Crippen LogP contribution in [0.15, 0.2) is 77.6 Å². The number of carbonyl (C=O) groups excluding carboxylic acids is 2. The molecule has 2 aliphatic rings. The molecule has 3 heterocycles. The maximum atomic E-state index is 14.0. The molecule has 1 N–H and O–H groups in total. The Balaban J connectivity index is 1.40. The lowest BCUT2D eigenvalue weighted by Crippen LogP contribution is -2.50. The summed E-state index contributed by atoms with van der Waals surface area (Å²) in [5.74, 6) is 0.277.